The first-order chi connectivity index (χ1) is 5.24. The molecule has 0 spiro atoms. The summed E-state index contributed by atoms with van der Waals surface area (Å²) in [5.74, 6) is -0.332. The Morgan fingerprint density at radius 3 is 2.75 bits per heavy atom. The number of halogens is 3. The highest BCUT2D eigenvalue weighted by Gasteiger charge is 2.05. The first kappa shape index (κ1) is 11.7. The van der Waals surface area contributed by atoms with E-state index in [1.54, 1.807) is 6.20 Å². The van der Waals surface area contributed by atoms with Crippen LogP contribution in [0.25, 0.3) is 0 Å². The molecule has 1 aromatic rings. The van der Waals surface area contributed by atoms with Gasteiger partial charge in [0.2, 0.25) is 0 Å². The first-order valence-electron chi connectivity index (χ1n) is 3.48. The Balaban J connectivity index is 0.00000121. The molecule has 0 saturated carbocycles. The van der Waals surface area contributed by atoms with E-state index in [-0.39, 0.29) is 23.6 Å². The van der Waals surface area contributed by atoms with Gasteiger partial charge in [0.1, 0.15) is 5.82 Å². The number of aromatic nitrogens is 1. The number of pyridine rings is 1. The SMILES string of the molecule is CCC(Cl)c1cncc(F)c1.Cl. The molecule has 0 saturated heterocycles. The minimum absolute atomic E-state index is 0. The fourth-order valence-electron chi connectivity index (χ4n) is 0.835. The number of nitrogens with zero attached hydrogens (tertiary/aromatic N) is 1. The normalized spacial score (nSPS) is 11.9. The summed E-state index contributed by atoms with van der Waals surface area (Å²) in [6.07, 6.45) is 3.54. The lowest BCUT2D eigenvalue weighted by molar-refractivity contribution is 0.617. The lowest BCUT2D eigenvalue weighted by Gasteiger charge is -2.04. The highest BCUT2D eigenvalue weighted by molar-refractivity contribution is 6.20. The van der Waals surface area contributed by atoms with Crippen LogP contribution in [0.3, 0.4) is 0 Å². The summed E-state index contributed by atoms with van der Waals surface area (Å²) in [5, 5.41) is -0.127. The van der Waals surface area contributed by atoms with Crippen molar-refractivity contribution in [2.45, 2.75) is 18.7 Å². The van der Waals surface area contributed by atoms with Gasteiger partial charge >= 0.3 is 0 Å². The molecule has 1 aromatic heterocycles. The summed E-state index contributed by atoms with van der Waals surface area (Å²) >= 11 is 5.86. The second kappa shape index (κ2) is 5.33. The van der Waals surface area contributed by atoms with Gasteiger partial charge in [0, 0.05) is 6.20 Å². The number of rotatable bonds is 2. The lowest BCUT2D eigenvalue weighted by Crippen LogP contribution is -1.90. The maximum atomic E-state index is 12.5. The van der Waals surface area contributed by atoms with Gasteiger partial charge in [-0.3, -0.25) is 4.98 Å². The van der Waals surface area contributed by atoms with Gasteiger partial charge in [-0.15, -0.1) is 24.0 Å². The van der Waals surface area contributed by atoms with Crippen molar-refractivity contribution in [3.63, 3.8) is 0 Å². The summed E-state index contributed by atoms with van der Waals surface area (Å²) in [6, 6.07) is 1.41. The number of hydrogen-bond donors (Lipinski definition) is 0. The molecular formula is C8H10Cl2FN. The monoisotopic (exact) mass is 209 g/mol. The average Bonchev–Trinajstić information content (AvgIpc) is 2.03. The zero-order valence-corrected chi connectivity index (χ0v) is 8.20. The molecule has 0 aliphatic heterocycles. The van der Waals surface area contributed by atoms with Crippen LogP contribution in [0, 0.1) is 5.82 Å². The molecule has 1 rings (SSSR count). The second-order valence-corrected chi connectivity index (χ2v) is 2.84. The fourth-order valence-corrected chi connectivity index (χ4v) is 0.955. The van der Waals surface area contributed by atoms with E-state index in [0.717, 1.165) is 12.0 Å². The molecule has 1 heterocycles. The third-order valence-electron chi connectivity index (χ3n) is 1.45. The smallest absolute Gasteiger partial charge is 0.141 e. The molecule has 0 bridgehead atoms. The van der Waals surface area contributed by atoms with E-state index in [4.69, 9.17) is 11.6 Å². The van der Waals surface area contributed by atoms with Gasteiger partial charge in [-0.25, -0.2) is 4.39 Å². The van der Waals surface area contributed by atoms with Crippen LogP contribution < -0.4 is 0 Å². The summed E-state index contributed by atoms with van der Waals surface area (Å²) in [7, 11) is 0. The third-order valence-corrected chi connectivity index (χ3v) is 2.01. The van der Waals surface area contributed by atoms with Crippen LogP contribution >= 0.6 is 24.0 Å². The van der Waals surface area contributed by atoms with Crippen molar-refractivity contribution < 1.29 is 4.39 Å². The van der Waals surface area contributed by atoms with Gasteiger partial charge in [0.25, 0.3) is 0 Å². The van der Waals surface area contributed by atoms with Crippen LogP contribution in [0.15, 0.2) is 18.5 Å². The molecule has 0 N–H and O–H groups in total. The van der Waals surface area contributed by atoms with Crippen LogP contribution in [-0.4, -0.2) is 4.98 Å². The van der Waals surface area contributed by atoms with E-state index < -0.39 is 0 Å². The van der Waals surface area contributed by atoms with Crippen LogP contribution in [0.1, 0.15) is 24.3 Å². The zero-order valence-electron chi connectivity index (χ0n) is 6.63. The van der Waals surface area contributed by atoms with Gasteiger partial charge in [-0.05, 0) is 18.1 Å². The molecule has 68 valence electrons. The quantitative estimate of drug-likeness (QED) is 0.682. The van der Waals surface area contributed by atoms with E-state index in [2.05, 4.69) is 4.98 Å². The van der Waals surface area contributed by atoms with E-state index in [1.807, 2.05) is 6.92 Å². The van der Waals surface area contributed by atoms with E-state index in [9.17, 15) is 4.39 Å². The van der Waals surface area contributed by atoms with Gasteiger partial charge in [-0.1, -0.05) is 6.92 Å². The van der Waals surface area contributed by atoms with Gasteiger partial charge in [0.05, 0.1) is 11.6 Å². The summed E-state index contributed by atoms with van der Waals surface area (Å²) in [4.78, 5) is 3.69. The maximum Gasteiger partial charge on any atom is 0.141 e. The van der Waals surface area contributed by atoms with Crippen molar-refractivity contribution in [1.29, 1.82) is 0 Å². The number of alkyl halides is 1. The molecule has 0 aliphatic carbocycles. The standard InChI is InChI=1S/C8H9ClFN.ClH/c1-2-8(9)6-3-7(10)5-11-4-6;/h3-5,8H,2H2,1H3;1H. The maximum absolute atomic E-state index is 12.5. The second-order valence-electron chi connectivity index (χ2n) is 2.31. The van der Waals surface area contributed by atoms with Crippen molar-refractivity contribution in [3.8, 4) is 0 Å². The Labute approximate surface area is 82.4 Å². The van der Waals surface area contributed by atoms with Crippen molar-refractivity contribution in [3.05, 3.63) is 29.8 Å². The molecule has 1 nitrogen and oxygen atoms in total. The molecule has 0 radical (unpaired) electrons. The van der Waals surface area contributed by atoms with Gasteiger partial charge < -0.3 is 0 Å². The molecule has 0 aliphatic rings. The molecule has 12 heavy (non-hydrogen) atoms. The van der Waals surface area contributed by atoms with Crippen LogP contribution in [0.4, 0.5) is 4.39 Å². The Morgan fingerprint density at radius 2 is 2.25 bits per heavy atom. The fraction of sp³-hybridized carbons (Fsp3) is 0.375. The van der Waals surface area contributed by atoms with E-state index >= 15 is 0 Å². The van der Waals surface area contributed by atoms with E-state index in [1.165, 1.54) is 12.3 Å². The lowest BCUT2D eigenvalue weighted by atomic mass is 10.2. The highest BCUT2D eigenvalue weighted by atomic mass is 35.5. The summed E-state index contributed by atoms with van der Waals surface area (Å²) in [5.41, 5.74) is 0.745. The molecule has 1 unspecified atom stereocenters. The number of hydrogen-bond acceptors (Lipinski definition) is 1. The van der Waals surface area contributed by atoms with Crippen molar-refractivity contribution in [1.82, 2.24) is 4.98 Å². The van der Waals surface area contributed by atoms with Gasteiger partial charge in [-0.2, -0.15) is 0 Å². The molecule has 1 atom stereocenters. The zero-order chi connectivity index (χ0) is 8.27. The average molecular weight is 210 g/mol. The topological polar surface area (TPSA) is 12.9 Å². The molecule has 0 fully saturated rings. The summed E-state index contributed by atoms with van der Waals surface area (Å²) in [6.45, 7) is 1.95. The molecule has 0 aromatic carbocycles. The predicted octanol–water partition coefficient (Wildman–Crippen LogP) is 3.33. The van der Waals surface area contributed by atoms with Gasteiger partial charge in [0.15, 0.2) is 0 Å². The van der Waals surface area contributed by atoms with Crippen molar-refractivity contribution in [2.75, 3.05) is 0 Å². The minimum atomic E-state index is -0.332. The van der Waals surface area contributed by atoms with E-state index in [0.29, 0.717) is 0 Å². The molecule has 0 amide bonds. The Kier molecular flexibility index (Phi) is 5.18. The van der Waals surface area contributed by atoms with Crippen LogP contribution in [-0.2, 0) is 0 Å². The third kappa shape index (κ3) is 2.95. The highest BCUT2D eigenvalue weighted by Crippen LogP contribution is 2.22. The largest absolute Gasteiger partial charge is 0.261 e. The predicted molar refractivity (Wildman–Crippen MR) is 50.3 cm³/mol. The van der Waals surface area contributed by atoms with Crippen LogP contribution in [0.2, 0.25) is 0 Å². The molecule has 4 heteroatoms. The Hall–Kier alpha value is -0.340. The molecular weight excluding hydrogens is 200 g/mol. The van der Waals surface area contributed by atoms with Crippen LogP contribution in [0.5, 0.6) is 0 Å². The Bertz CT molecular complexity index is 242. The van der Waals surface area contributed by atoms with Crippen molar-refractivity contribution in [2.24, 2.45) is 0 Å². The summed E-state index contributed by atoms with van der Waals surface area (Å²) < 4.78 is 12.5. The minimum Gasteiger partial charge on any atom is -0.261 e. The van der Waals surface area contributed by atoms with Crippen molar-refractivity contribution >= 4 is 24.0 Å². The Morgan fingerprint density at radius 1 is 1.58 bits per heavy atom. The first-order valence-corrected chi connectivity index (χ1v) is 3.92.